The summed E-state index contributed by atoms with van der Waals surface area (Å²) < 4.78 is 28.7. The molecule has 0 spiro atoms. The number of hydrogen-bond donors (Lipinski definition) is 0. The van der Waals surface area contributed by atoms with Crippen LogP contribution in [0.15, 0.2) is 18.2 Å². The highest BCUT2D eigenvalue weighted by atomic mass is 32.2. The highest BCUT2D eigenvalue weighted by Crippen LogP contribution is 2.27. The minimum atomic E-state index is -2.93. The van der Waals surface area contributed by atoms with Crippen molar-refractivity contribution in [3.63, 3.8) is 0 Å². The van der Waals surface area contributed by atoms with Gasteiger partial charge in [0.05, 0.1) is 18.5 Å². The normalized spacial score (nSPS) is 24.2. The van der Waals surface area contributed by atoms with Crippen LogP contribution in [0, 0.1) is 13.8 Å². The number of sulfone groups is 1. The first-order valence-electron chi connectivity index (χ1n) is 7.37. The van der Waals surface area contributed by atoms with Gasteiger partial charge in [-0.05, 0) is 31.9 Å². The van der Waals surface area contributed by atoms with Gasteiger partial charge >= 0.3 is 0 Å². The monoisotopic (exact) mass is 311 g/mol. The predicted octanol–water partition coefficient (Wildman–Crippen LogP) is 2.11. The molecule has 0 bridgehead atoms. The van der Waals surface area contributed by atoms with Crippen LogP contribution in [0.1, 0.15) is 29.7 Å². The van der Waals surface area contributed by atoms with Crippen LogP contribution in [0.5, 0.6) is 0 Å². The van der Waals surface area contributed by atoms with E-state index in [1.54, 1.807) is 0 Å². The van der Waals surface area contributed by atoms with Gasteiger partial charge in [-0.3, -0.25) is 4.90 Å². The number of nitrogens with zero attached hydrogens (tertiary/aromatic N) is 1. The number of morpholine rings is 1. The SMILES string of the molecule is Cc1ccc(C)c([C@@H]2CN(CCS(C)(=O)=O)[C@H](C)CO2)c1. The molecule has 1 aromatic rings. The summed E-state index contributed by atoms with van der Waals surface area (Å²) in [5.41, 5.74) is 3.66. The molecule has 0 unspecified atom stereocenters. The first-order valence-corrected chi connectivity index (χ1v) is 9.43. The van der Waals surface area contributed by atoms with Gasteiger partial charge in [-0.25, -0.2) is 8.42 Å². The van der Waals surface area contributed by atoms with Gasteiger partial charge in [-0.1, -0.05) is 23.8 Å². The summed E-state index contributed by atoms with van der Waals surface area (Å²) in [6.45, 7) is 8.22. The van der Waals surface area contributed by atoms with Crippen molar-refractivity contribution in [3.8, 4) is 0 Å². The highest BCUT2D eigenvalue weighted by molar-refractivity contribution is 7.90. The van der Waals surface area contributed by atoms with Gasteiger partial charge < -0.3 is 4.74 Å². The standard InChI is InChI=1S/C16H25NO3S/c1-12-5-6-13(2)15(9-12)16-10-17(14(3)11-20-16)7-8-21(4,18)19/h5-6,9,14,16H,7-8,10-11H2,1-4H3/t14-,16+/m1/s1. The van der Waals surface area contributed by atoms with E-state index >= 15 is 0 Å². The molecule has 1 saturated heterocycles. The fourth-order valence-electron chi connectivity index (χ4n) is 2.70. The second-order valence-corrected chi connectivity index (χ2v) is 8.42. The minimum absolute atomic E-state index is 0.0284. The van der Waals surface area contributed by atoms with Gasteiger partial charge in [0.25, 0.3) is 0 Å². The Hall–Kier alpha value is -0.910. The second kappa shape index (κ2) is 6.46. The van der Waals surface area contributed by atoms with E-state index in [0.717, 1.165) is 6.54 Å². The van der Waals surface area contributed by atoms with E-state index < -0.39 is 9.84 Å². The van der Waals surface area contributed by atoms with E-state index in [1.165, 1.54) is 22.9 Å². The average molecular weight is 311 g/mol. The van der Waals surface area contributed by atoms with E-state index in [0.29, 0.717) is 13.2 Å². The maximum atomic E-state index is 11.4. The van der Waals surface area contributed by atoms with E-state index in [1.807, 2.05) is 0 Å². The summed E-state index contributed by atoms with van der Waals surface area (Å²) in [6, 6.07) is 6.65. The van der Waals surface area contributed by atoms with Crippen molar-refractivity contribution in [1.29, 1.82) is 0 Å². The van der Waals surface area contributed by atoms with Gasteiger partial charge in [-0.2, -0.15) is 0 Å². The molecule has 0 radical (unpaired) electrons. The molecule has 0 N–H and O–H groups in total. The Labute approximate surface area is 128 Å². The second-order valence-electron chi connectivity index (χ2n) is 6.16. The van der Waals surface area contributed by atoms with Gasteiger partial charge in [0.2, 0.25) is 0 Å². The zero-order chi connectivity index (χ0) is 15.6. The molecule has 1 aromatic carbocycles. The van der Waals surface area contributed by atoms with Crippen LogP contribution in [0.3, 0.4) is 0 Å². The van der Waals surface area contributed by atoms with Crippen molar-refractivity contribution in [2.45, 2.75) is 32.9 Å². The Bertz CT molecular complexity index is 598. The molecule has 2 rings (SSSR count). The zero-order valence-corrected chi connectivity index (χ0v) is 14.1. The van der Waals surface area contributed by atoms with Crippen LogP contribution in [-0.4, -0.2) is 51.1 Å². The van der Waals surface area contributed by atoms with E-state index in [-0.39, 0.29) is 17.9 Å². The average Bonchev–Trinajstić information content (AvgIpc) is 2.40. The predicted molar refractivity (Wildman–Crippen MR) is 85.4 cm³/mol. The van der Waals surface area contributed by atoms with Crippen LogP contribution < -0.4 is 0 Å². The largest absolute Gasteiger partial charge is 0.371 e. The molecule has 2 atom stereocenters. The van der Waals surface area contributed by atoms with Crippen molar-refractivity contribution in [3.05, 3.63) is 34.9 Å². The summed E-state index contributed by atoms with van der Waals surface area (Å²) in [5, 5.41) is 0. The van der Waals surface area contributed by atoms with Crippen molar-refractivity contribution in [1.82, 2.24) is 4.90 Å². The van der Waals surface area contributed by atoms with E-state index in [9.17, 15) is 8.42 Å². The maximum Gasteiger partial charge on any atom is 0.148 e. The Morgan fingerprint density at radius 3 is 2.71 bits per heavy atom. The van der Waals surface area contributed by atoms with E-state index in [4.69, 9.17) is 4.74 Å². The molecule has 0 aliphatic carbocycles. The highest BCUT2D eigenvalue weighted by Gasteiger charge is 2.28. The molecule has 1 aliphatic heterocycles. The van der Waals surface area contributed by atoms with Crippen molar-refractivity contribution in [2.75, 3.05) is 31.7 Å². The van der Waals surface area contributed by atoms with Crippen molar-refractivity contribution < 1.29 is 13.2 Å². The van der Waals surface area contributed by atoms with Gasteiger partial charge in [0, 0.05) is 25.4 Å². The molecule has 118 valence electrons. The Morgan fingerprint density at radius 2 is 2.05 bits per heavy atom. The molecule has 4 nitrogen and oxygen atoms in total. The smallest absolute Gasteiger partial charge is 0.148 e. The topological polar surface area (TPSA) is 46.6 Å². The zero-order valence-electron chi connectivity index (χ0n) is 13.3. The summed E-state index contributed by atoms with van der Waals surface area (Å²) in [6.07, 6.45) is 1.32. The molecule has 0 aromatic heterocycles. The number of benzene rings is 1. The summed E-state index contributed by atoms with van der Waals surface area (Å²) >= 11 is 0. The Morgan fingerprint density at radius 1 is 1.33 bits per heavy atom. The molecule has 1 fully saturated rings. The van der Waals surface area contributed by atoms with Gasteiger partial charge in [0.15, 0.2) is 0 Å². The van der Waals surface area contributed by atoms with Crippen LogP contribution >= 0.6 is 0 Å². The molecule has 0 saturated carbocycles. The van der Waals surface area contributed by atoms with Gasteiger partial charge in [-0.15, -0.1) is 0 Å². The quantitative estimate of drug-likeness (QED) is 0.854. The number of hydrogen-bond acceptors (Lipinski definition) is 4. The summed E-state index contributed by atoms with van der Waals surface area (Å²) in [4.78, 5) is 2.22. The molecule has 1 aliphatic rings. The van der Waals surface area contributed by atoms with Gasteiger partial charge in [0.1, 0.15) is 9.84 Å². The first kappa shape index (κ1) is 16.5. The molecule has 0 amide bonds. The van der Waals surface area contributed by atoms with Crippen LogP contribution in [0.2, 0.25) is 0 Å². The van der Waals surface area contributed by atoms with Crippen molar-refractivity contribution >= 4 is 9.84 Å². The molecule has 1 heterocycles. The minimum Gasteiger partial charge on any atom is -0.371 e. The Kier molecular flexibility index (Phi) is 5.07. The third-order valence-electron chi connectivity index (χ3n) is 4.09. The number of rotatable bonds is 4. The fourth-order valence-corrected chi connectivity index (χ4v) is 3.26. The maximum absolute atomic E-state index is 11.4. The fraction of sp³-hybridized carbons (Fsp3) is 0.625. The lowest BCUT2D eigenvalue weighted by molar-refractivity contribution is -0.0580. The Balaban J connectivity index is 2.11. The lowest BCUT2D eigenvalue weighted by atomic mass is 9.99. The number of ether oxygens (including phenoxy) is 1. The molecular formula is C16H25NO3S. The third kappa shape index (κ3) is 4.53. The van der Waals surface area contributed by atoms with E-state index in [2.05, 4.69) is 43.9 Å². The summed E-state index contributed by atoms with van der Waals surface area (Å²) in [5.74, 6) is 0.205. The lowest BCUT2D eigenvalue weighted by Crippen LogP contribution is -2.46. The number of aryl methyl sites for hydroxylation is 2. The first-order chi connectivity index (χ1) is 9.76. The molecular weight excluding hydrogens is 286 g/mol. The van der Waals surface area contributed by atoms with Crippen LogP contribution in [-0.2, 0) is 14.6 Å². The van der Waals surface area contributed by atoms with Crippen molar-refractivity contribution in [2.24, 2.45) is 0 Å². The molecule has 21 heavy (non-hydrogen) atoms. The lowest BCUT2D eigenvalue weighted by Gasteiger charge is -2.38. The van der Waals surface area contributed by atoms with Crippen LogP contribution in [0.25, 0.3) is 0 Å². The molecule has 5 heteroatoms. The third-order valence-corrected chi connectivity index (χ3v) is 5.02. The van der Waals surface area contributed by atoms with Crippen LogP contribution in [0.4, 0.5) is 0 Å². The summed E-state index contributed by atoms with van der Waals surface area (Å²) in [7, 11) is -2.93.